The lowest BCUT2D eigenvalue weighted by molar-refractivity contribution is -0.124. The van der Waals surface area contributed by atoms with Crippen LogP contribution in [0.15, 0.2) is 12.3 Å². The molecule has 0 radical (unpaired) electrons. The highest BCUT2D eigenvalue weighted by atomic mass is 35.5. The molecule has 1 aliphatic rings. The highest BCUT2D eigenvalue weighted by Gasteiger charge is 2.26. The molecule has 7 heteroatoms. The number of hydrogen-bond acceptors (Lipinski definition) is 4. The van der Waals surface area contributed by atoms with Gasteiger partial charge in [0.15, 0.2) is 0 Å². The van der Waals surface area contributed by atoms with Crippen LogP contribution in [0.5, 0.6) is 5.88 Å². The molecule has 1 N–H and O–H groups in total. The first kappa shape index (κ1) is 16.5. The minimum Gasteiger partial charge on any atom is -0.476 e. The van der Waals surface area contributed by atoms with Crippen molar-refractivity contribution in [1.82, 2.24) is 15.2 Å². The van der Waals surface area contributed by atoms with Crippen LogP contribution in [0, 0.1) is 5.92 Å². The molecule has 1 aliphatic heterocycles. The van der Waals surface area contributed by atoms with Gasteiger partial charge in [0.1, 0.15) is 5.02 Å². The molecule has 0 unspecified atom stereocenters. The number of ether oxygens (including phenoxy) is 1. The van der Waals surface area contributed by atoms with E-state index in [9.17, 15) is 9.59 Å². The van der Waals surface area contributed by atoms with Crippen LogP contribution in [0.4, 0.5) is 0 Å². The lowest BCUT2D eigenvalue weighted by Crippen LogP contribution is -2.54. The summed E-state index contributed by atoms with van der Waals surface area (Å²) in [6.07, 6.45) is 1.43. The monoisotopic (exact) mass is 325 g/mol. The number of amides is 2. The lowest BCUT2D eigenvalue weighted by atomic mass is 10.2. The van der Waals surface area contributed by atoms with Gasteiger partial charge in [0, 0.05) is 18.8 Å². The first-order valence-corrected chi connectivity index (χ1v) is 7.61. The van der Waals surface area contributed by atoms with Gasteiger partial charge in [-0.15, -0.1) is 0 Å². The molecule has 2 amide bonds. The Morgan fingerprint density at radius 2 is 2.32 bits per heavy atom. The molecular weight excluding hydrogens is 306 g/mol. The van der Waals surface area contributed by atoms with E-state index in [1.165, 1.54) is 17.2 Å². The molecule has 1 fully saturated rings. The quantitative estimate of drug-likeness (QED) is 0.915. The second-order valence-electron chi connectivity index (χ2n) is 5.87. The van der Waals surface area contributed by atoms with Crippen molar-refractivity contribution in [3.63, 3.8) is 0 Å². The summed E-state index contributed by atoms with van der Waals surface area (Å²) in [6.45, 7) is 6.91. The van der Waals surface area contributed by atoms with Gasteiger partial charge < -0.3 is 15.0 Å². The van der Waals surface area contributed by atoms with Crippen LogP contribution in [0.1, 0.15) is 31.1 Å². The number of hydrogen-bond donors (Lipinski definition) is 1. The van der Waals surface area contributed by atoms with E-state index in [-0.39, 0.29) is 24.4 Å². The summed E-state index contributed by atoms with van der Waals surface area (Å²) < 4.78 is 5.48. The predicted molar refractivity (Wildman–Crippen MR) is 83.1 cm³/mol. The van der Waals surface area contributed by atoms with Gasteiger partial charge in [-0.05, 0) is 18.9 Å². The highest BCUT2D eigenvalue weighted by molar-refractivity contribution is 6.32. The van der Waals surface area contributed by atoms with Crippen molar-refractivity contribution in [2.75, 3.05) is 19.7 Å². The summed E-state index contributed by atoms with van der Waals surface area (Å²) in [6, 6.07) is 1.46. The fourth-order valence-corrected chi connectivity index (χ4v) is 2.39. The number of nitrogens with zero attached hydrogens (tertiary/aromatic N) is 2. The molecule has 2 heterocycles. The van der Waals surface area contributed by atoms with Crippen LogP contribution in [-0.2, 0) is 4.79 Å². The van der Waals surface area contributed by atoms with E-state index < -0.39 is 0 Å². The molecule has 0 aliphatic carbocycles. The third-order valence-electron chi connectivity index (χ3n) is 3.13. The van der Waals surface area contributed by atoms with Crippen LogP contribution in [0.25, 0.3) is 0 Å². The number of halogens is 1. The average Bonchev–Trinajstić information content (AvgIpc) is 2.44. The maximum atomic E-state index is 12.4. The normalized spacial score (nSPS) is 18.3. The zero-order valence-corrected chi connectivity index (χ0v) is 13.7. The second kappa shape index (κ2) is 6.96. The Hall–Kier alpha value is -1.82. The van der Waals surface area contributed by atoms with E-state index in [2.05, 4.69) is 10.3 Å². The van der Waals surface area contributed by atoms with E-state index in [1.54, 1.807) is 0 Å². The predicted octanol–water partition coefficient (Wildman–Crippen LogP) is 1.73. The summed E-state index contributed by atoms with van der Waals surface area (Å²) in [4.78, 5) is 29.5. The zero-order valence-electron chi connectivity index (χ0n) is 12.9. The Labute approximate surface area is 134 Å². The van der Waals surface area contributed by atoms with Crippen molar-refractivity contribution in [1.29, 1.82) is 0 Å². The van der Waals surface area contributed by atoms with E-state index >= 15 is 0 Å². The molecule has 0 aromatic carbocycles. The first-order chi connectivity index (χ1) is 10.4. The largest absolute Gasteiger partial charge is 0.476 e. The SMILES string of the molecule is CC(C)COc1ncc(C(=O)N2CC(=O)N[C@@H](C)C2)cc1Cl. The number of rotatable bonds is 4. The fraction of sp³-hybridized carbons (Fsp3) is 0.533. The highest BCUT2D eigenvalue weighted by Crippen LogP contribution is 2.23. The number of aromatic nitrogens is 1. The molecule has 22 heavy (non-hydrogen) atoms. The maximum absolute atomic E-state index is 12.4. The van der Waals surface area contributed by atoms with Crippen LogP contribution in [0.2, 0.25) is 5.02 Å². The van der Waals surface area contributed by atoms with Crippen molar-refractivity contribution >= 4 is 23.4 Å². The molecule has 0 bridgehead atoms. The molecule has 2 rings (SSSR count). The van der Waals surface area contributed by atoms with Crippen LogP contribution in [-0.4, -0.2) is 47.4 Å². The Morgan fingerprint density at radius 3 is 2.91 bits per heavy atom. The minimum atomic E-state index is -0.258. The lowest BCUT2D eigenvalue weighted by Gasteiger charge is -2.31. The second-order valence-corrected chi connectivity index (χ2v) is 6.28. The molecule has 120 valence electrons. The van der Waals surface area contributed by atoms with Crippen LogP contribution in [0.3, 0.4) is 0 Å². The van der Waals surface area contributed by atoms with Gasteiger partial charge in [0.25, 0.3) is 5.91 Å². The van der Waals surface area contributed by atoms with E-state index in [1.807, 2.05) is 20.8 Å². The van der Waals surface area contributed by atoms with E-state index in [0.717, 1.165) is 0 Å². The smallest absolute Gasteiger partial charge is 0.256 e. The van der Waals surface area contributed by atoms with Crippen molar-refractivity contribution in [2.24, 2.45) is 5.92 Å². The molecule has 1 aromatic heterocycles. The number of nitrogens with one attached hydrogen (secondary N) is 1. The molecule has 1 aromatic rings. The number of carbonyl (C=O) groups is 2. The molecule has 0 saturated carbocycles. The molecule has 1 saturated heterocycles. The number of piperazine rings is 1. The van der Waals surface area contributed by atoms with Crippen molar-refractivity contribution < 1.29 is 14.3 Å². The average molecular weight is 326 g/mol. The van der Waals surface area contributed by atoms with Crippen molar-refractivity contribution in [3.8, 4) is 5.88 Å². The van der Waals surface area contributed by atoms with Crippen molar-refractivity contribution in [3.05, 3.63) is 22.8 Å². The minimum absolute atomic E-state index is 0.0480. The van der Waals surface area contributed by atoms with Gasteiger partial charge >= 0.3 is 0 Å². The van der Waals surface area contributed by atoms with E-state index in [4.69, 9.17) is 16.3 Å². The van der Waals surface area contributed by atoms with Crippen LogP contribution < -0.4 is 10.1 Å². The Kier molecular flexibility index (Phi) is 5.24. The summed E-state index contributed by atoms with van der Waals surface area (Å²) in [7, 11) is 0. The summed E-state index contributed by atoms with van der Waals surface area (Å²) in [5.74, 6) is 0.249. The maximum Gasteiger partial charge on any atom is 0.256 e. The molecule has 1 atom stereocenters. The first-order valence-electron chi connectivity index (χ1n) is 7.23. The van der Waals surface area contributed by atoms with Crippen LogP contribution >= 0.6 is 11.6 Å². The third kappa shape index (κ3) is 4.10. The molecule has 6 nitrogen and oxygen atoms in total. The summed E-state index contributed by atoms with van der Waals surface area (Å²) in [5, 5.41) is 3.06. The molecular formula is C15H20ClN3O3. The zero-order chi connectivity index (χ0) is 16.3. The van der Waals surface area contributed by atoms with Crippen molar-refractivity contribution in [2.45, 2.75) is 26.8 Å². The topological polar surface area (TPSA) is 71.5 Å². The number of carbonyl (C=O) groups excluding carboxylic acids is 2. The van der Waals surface area contributed by atoms with Gasteiger partial charge in [0.05, 0.1) is 18.7 Å². The molecule has 0 spiro atoms. The standard InChI is InChI=1S/C15H20ClN3O3/c1-9(2)8-22-14-12(16)4-11(5-17-14)15(21)19-6-10(3)18-13(20)7-19/h4-5,9-10H,6-8H2,1-3H3,(H,18,20)/t10-/m0/s1. The Bertz CT molecular complexity index is 577. The Balaban J connectivity index is 2.10. The van der Waals surface area contributed by atoms with Gasteiger partial charge in [-0.3, -0.25) is 9.59 Å². The number of pyridine rings is 1. The Morgan fingerprint density at radius 1 is 1.59 bits per heavy atom. The van der Waals surface area contributed by atoms with Gasteiger partial charge in [-0.2, -0.15) is 0 Å². The van der Waals surface area contributed by atoms with Gasteiger partial charge in [-0.1, -0.05) is 25.4 Å². The van der Waals surface area contributed by atoms with Gasteiger partial charge in [-0.25, -0.2) is 4.98 Å². The van der Waals surface area contributed by atoms with Gasteiger partial charge in [0.2, 0.25) is 11.8 Å². The van der Waals surface area contributed by atoms with E-state index in [0.29, 0.717) is 35.5 Å². The summed E-state index contributed by atoms with van der Waals surface area (Å²) in [5.41, 5.74) is 0.351. The summed E-state index contributed by atoms with van der Waals surface area (Å²) >= 11 is 6.12. The third-order valence-corrected chi connectivity index (χ3v) is 3.40. The fourth-order valence-electron chi connectivity index (χ4n) is 2.17.